The molecule has 2 aromatic rings. The van der Waals surface area contributed by atoms with Gasteiger partial charge in [0, 0.05) is 21.7 Å². The molecular formula is C15H17FN2OS. The third kappa shape index (κ3) is 2.82. The van der Waals surface area contributed by atoms with Crippen molar-refractivity contribution in [1.82, 2.24) is 0 Å². The maximum atomic E-state index is 13.8. The zero-order valence-corrected chi connectivity index (χ0v) is 12.5. The first-order valence-corrected chi connectivity index (χ1v) is 7.18. The summed E-state index contributed by atoms with van der Waals surface area (Å²) in [5.74, 6) is -1.06. The number of anilines is 1. The van der Waals surface area contributed by atoms with Crippen LogP contribution in [0, 0.1) is 19.7 Å². The Hall–Kier alpha value is -1.88. The van der Waals surface area contributed by atoms with E-state index in [1.165, 1.54) is 16.5 Å². The number of hydrogen-bond acceptors (Lipinski definition) is 3. The van der Waals surface area contributed by atoms with Gasteiger partial charge in [-0.05, 0) is 49.9 Å². The molecule has 1 amide bonds. The van der Waals surface area contributed by atoms with E-state index in [4.69, 9.17) is 5.73 Å². The Balaban J connectivity index is 2.33. The topological polar surface area (TPSA) is 55.1 Å². The lowest BCUT2D eigenvalue weighted by Gasteiger charge is -2.18. The van der Waals surface area contributed by atoms with Crippen molar-refractivity contribution in [2.75, 3.05) is 5.32 Å². The molecule has 0 spiro atoms. The number of primary amides is 1. The molecule has 1 atom stereocenters. The van der Waals surface area contributed by atoms with Gasteiger partial charge in [0.15, 0.2) is 0 Å². The molecule has 1 aromatic carbocycles. The number of carbonyl (C=O) groups is 1. The van der Waals surface area contributed by atoms with Gasteiger partial charge in [0.25, 0.3) is 0 Å². The standard InChI is InChI=1S/C15H17FN2OS/c1-8-4-5-20-14(8)10(3)18-13-7-11(15(17)19)6-12(16)9(13)2/h4-7,10,18H,1-3H3,(H2,17,19). The minimum Gasteiger partial charge on any atom is -0.377 e. The fourth-order valence-corrected chi connectivity index (χ4v) is 3.03. The van der Waals surface area contributed by atoms with Crippen molar-refractivity contribution >= 4 is 22.9 Å². The number of nitrogens with one attached hydrogen (secondary N) is 1. The van der Waals surface area contributed by atoms with Crippen LogP contribution < -0.4 is 11.1 Å². The highest BCUT2D eigenvalue weighted by molar-refractivity contribution is 7.10. The Morgan fingerprint density at radius 3 is 2.65 bits per heavy atom. The van der Waals surface area contributed by atoms with E-state index in [2.05, 4.69) is 5.32 Å². The molecule has 0 aliphatic heterocycles. The molecule has 0 radical (unpaired) electrons. The molecule has 0 aliphatic rings. The number of benzene rings is 1. The Labute approximate surface area is 121 Å². The normalized spacial score (nSPS) is 12.2. The molecule has 20 heavy (non-hydrogen) atoms. The molecule has 3 N–H and O–H groups in total. The zero-order valence-electron chi connectivity index (χ0n) is 11.7. The number of nitrogens with two attached hydrogens (primary N) is 1. The third-order valence-electron chi connectivity index (χ3n) is 3.30. The van der Waals surface area contributed by atoms with Crippen LogP contribution in [0.1, 0.15) is 39.3 Å². The number of thiophene rings is 1. The van der Waals surface area contributed by atoms with Gasteiger partial charge in [-0.25, -0.2) is 4.39 Å². The maximum Gasteiger partial charge on any atom is 0.248 e. The summed E-state index contributed by atoms with van der Waals surface area (Å²) in [7, 11) is 0. The largest absolute Gasteiger partial charge is 0.377 e. The van der Waals surface area contributed by atoms with Gasteiger partial charge in [-0.2, -0.15) is 0 Å². The minimum atomic E-state index is -0.632. The Morgan fingerprint density at radius 1 is 1.40 bits per heavy atom. The Morgan fingerprint density at radius 2 is 2.10 bits per heavy atom. The molecule has 0 bridgehead atoms. The highest BCUT2D eigenvalue weighted by atomic mass is 32.1. The SMILES string of the molecule is Cc1ccsc1C(C)Nc1cc(C(N)=O)cc(F)c1C. The summed E-state index contributed by atoms with van der Waals surface area (Å²) < 4.78 is 13.8. The maximum absolute atomic E-state index is 13.8. The average molecular weight is 292 g/mol. The summed E-state index contributed by atoms with van der Waals surface area (Å²) >= 11 is 1.65. The van der Waals surface area contributed by atoms with Crippen molar-refractivity contribution in [2.24, 2.45) is 5.73 Å². The van der Waals surface area contributed by atoms with E-state index < -0.39 is 11.7 Å². The van der Waals surface area contributed by atoms with E-state index in [0.29, 0.717) is 11.3 Å². The molecule has 0 aliphatic carbocycles. The van der Waals surface area contributed by atoms with Crippen LogP contribution >= 0.6 is 11.3 Å². The number of amides is 1. The van der Waals surface area contributed by atoms with Crippen molar-refractivity contribution in [3.05, 3.63) is 51.0 Å². The van der Waals surface area contributed by atoms with Crippen molar-refractivity contribution in [3.8, 4) is 0 Å². The molecule has 0 saturated carbocycles. The number of aryl methyl sites for hydroxylation is 1. The van der Waals surface area contributed by atoms with Gasteiger partial charge in [0.05, 0.1) is 6.04 Å². The highest BCUT2D eigenvalue weighted by Gasteiger charge is 2.14. The minimum absolute atomic E-state index is 0.0382. The van der Waals surface area contributed by atoms with Gasteiger partial charge in [0.2, 0.25) is 5.91 Å². The number of carbonyl (C=O) groups excluding carboxylic acids is 1. The van der Waals surface area contributed by atoms with Crippen LogP contribution in [0.3, 0.4) is 0 Å². The molecule has 0 fully saturated rings. The van der Waals surface area contributed by atoms with Gasteiger partial charge >= 0.3 is 0 Å². The summed E-state index contributed by atoms with van der Waals surface area (Å²) in [6.45, 7) is 5.72. The molecule has 2 rings (SSSR count). The summed E-state index contributed by atoms with van der Waals surface area (Å²) in [4.78, 5) is 12.4. The zero-order chi connectivity index (χ0) is 14.9. The Kier molecular flexibility index (Phi) is 4.09. The Bertz CT molecular complexity index is 651. The first-order chi connectivity index (χ1) is 9.40. The van der Waals surface area contributed by atoms with Gasteiger partial charge in [-0.3, -0.25) is 4.79 Å². The van der Waals surface area contributed by atoms with Crippen molar-refractivity contribution in [2.45, 2.75) is 26.8 Å². The molecule has 5 heteroatoms. The number of rotatable bonds is 4. The first-order valence-electron chi connectivity index (χ1n) is 6.30. The monoisotopic (exact) mass is 292 g/mol. The van der Waals surface area contributed by atoms with E-state index in [1.807, 2.05) is 25.3 Å². The highest BCUT2D eigenvalue weighted by Crippen LogP contribution is 2.29. The molecule has 1 unspecified atom stereocenters. The van der Waals surface area contributed by atoms with Crippen molar-refractivity contribution in [1.29, 1.82) is 0 Å². The fraction of sp³-hybridized carbons (Fsp3) is 0.267. The van der Waals surface area contributed by atoms with Crippen LogP contribution in [0.2, 0.25) is 0 Å². The van der Waals surface area contributed by atoms with E-state index in [-0.39, 0.29) is 11.6 Å². The lowest BCUT2D eigenvalue weighted by molar-refractivity contribution is 0.1000. The third-order valence-corrected chi connectivity index (χ3v) is 4.50. The van der Waals surface area contributed by atoms with E-state index in [9.17, 15) is 9.18 Å². The number of hydrogen-bond donors (Lipinski definition) is 2. The van der Waals surface area contributed by atoms with Gasteiger partial charge in [-0.15, -0.1) is 11.3 Å². The smallest absolute Gasteiger partial charge is 0.248 e. The first kappa shape index (κ1) is 14.5. The van der Waals surface area contributed by atoms with Crippen LogP contribution in [0.15, 0.2) is 23.6 Å². The van der Waals surface area contributed by atoms with Crippen molar-refractivity contribution < 1.29 is 9.18 Å². The van der Waals surface area contributed by atoms with Gasteiger partial charge < -0.3 is 11.1 Å². The molecule has 1 heterocycles. The van der Waals surface area contributed by atoms with Crippen LogP contribution in [0.5, 0.6) is 0 Å². The van der Waals surface area contributed by atoms with Crippen LogP contribution in [-0.2, 0) is 0 Å². The lowest BCUT2D eigenvalue weighted by Crippen LogP contribution is -2.14. The van der Waals surface area contributed by atoms with E-state index in [1.54, 1.807) is 24.3 Å². The summed E-state index contributed by atoms with van der Waals surface area (Å²) in [6, 6.07) is 4.85. The predicted molar refractivity (Wildman–Crippen MR) is 80.7 cm³/mol. The summed E-state index contributed by atoms with van der Waals surface area (Å²) in [6.07, 6.45) is 0. The predicted octanol–water partition coefficient (Wildman–Crippen LogP) is 3.78. The van der Waals surface area contributed by atoms with Crippen LogP contribution in [0.25, 0.3) is 0 Å². The second-order valence-corrected chi connectivity index (χ2v) is 5.78. The molecular weight excluding hydrogens is 275 g/mol. The van der Waals surface area contributed by atoms with Crippen LogP contribution in [0.4, 0.5) is 10.1 Å². The van der Waals surface area contributed by atoms with Gasteiger partial charge in [0.1, 0.15) is 5.82 Å². The second-order valence-electron chi connectivity index (χ2n) is 4.83. The van der Waals surface area contributed by atoms with E-state index in [0.717, 1.165) is 0 Å². The van der Waals surface area contributed by atoms with E-state index >= 15 is 0 Å². The molecule has 1 aromatic heterocycles. The van der Waals surface area contributed by atoms with Gasteiger partial charge in [-0.1, -0.05) is 0 Å². The molecule has 3 nitrogen and oxygen atoms in total. The van der Waals surface area contributed by atoms with Crippen LogP contribution in [-0.4, -0.2) is 5.91 Å². The quantitative estimate of drug-likeness (QED) is 0.901. The molecule has 106 valence electrons. The fourth-order valence-electron chi connectivity index (χ4n) is 2.10. The van der Waals surface area contributed by atoms with Crippen molar-refractivity contribution in [3.63, 3.8) is 0 Å². The summed E-state index contributed by atoms with van der Waals surface area (Å²) in [5.41, 5.74) is 7.66. The second kappa shape index (κ2) is 5.63. The summed E-state index contributed by atoms with van der Waals surface area (Å²) in [5, 5.41) is 5.28. The lowest BCUT2D eigenvalue weighted by atomic mass is 10.1. The number of halogens is 1. The molecule has 0 saturated heterocycles. The average Bonchev–Trinajstić information content (AvgIpc) is 2.80.